The molecule has 27 heavy (non-hydrogen) atoms. The molecule has 0 atom stereocenters. The standard InChI is InChI=1S/C20H16O7/c21-14-2-3-15-13(9-20(23)27-17(15)10-14)11-26-19(22)8-12-1-4-16-18(7-12)25-6-5-24-16/h1-4,7,9-10,21H,5-6,8,11H2. The van der Waals surface area contributed by atoms with E-state index in [2.05, 4.69) is 0 Å². The molecule has 1 aliphatic rings. The van der Waals surface area contributed by atoms with E-state index >= 15 is 0 Å². The lowest BCUT2D eigenvalue weighted by Crippen LogP contribution is -2.16. The molecule has 0 spiro atoms. The lowest BCUT2D eigenvalue weighted by molar-refractivity contribution is -0.144. The van der Waals surface area contributed by atoms with Crippen molar-refractivity contribution in [1.29, 1.82) is 0 Å². The summed E-state index contributed by atoms with van der Waals surface area (Å²) in [6.45, 7) is 0.904. The lowest BCUT2D eigenvalue weighted by Gasteiger charge is -2.18. The van der Waals surface area contributed by atoms with Gasteiger partial charge in [0.25, 0.3) is 0 Å². The topological polar surface area (TPSA) is 95.2 Å². The number of phenolic OH excluding ortho intramolecular Hbond substituents is 1. The minimum atomic E-state index is -0.578. The third kappa shape index (κ3) is 3.72. The Labute approximate surface area is 153 Å². The van der Waals surface area contributed by atoms with Gasteiger partial charge in [0.05, 0.1) is 6.42 Å². The predicted octanol–water partition coefficient (Wildman–Crippen LogP) is 2.56. The summed E-state index contributed by atoms with van der Waals surface area (Å²) in [4.78, 5) is 23.9. The van der Waals surface area contributed by atoms with Gasteiger partial charge in [-0.05, 0) is 29.8 Å². The van der Waals surface area contributed by atoms with Crippen molar-refractivity contribution in [2.24, 2.45) is 0 Å². The Bertz CT molecular complexity index is 1070. The summed E-state index contributed by atoms with van der Waals surface area (Å²) >= 11 is 0. The number of rotatable bonds is 4. The third-order valence-corrected chi connectivity index (χ3v) is 4.16. The Morgan fingerprint density at radius 3 is 2.70 bits per heavy atom. The highest BCUT2D eigenvalue weighted by molar-refractivity contribution is 5.81. The van der Waals surface area contributed by atoms with Gasteiger partial charge >= 0.3 is 11.6 Å². The van der Waals surface area contributed by atoms with Crippen LogP contribution in [0, 0.1) is 0 Å². The van der Waals surface area contributed by atoms with Gasteiger partial charge in [-0.1, -0.05) is 6.07 Å². The number of carbonyl (C=O) groups is 1. The number of ether oxygens (including phenoxy) is 3. The minimum absolute atomic E-state index is 0.0154. The Hall–Kier alpha value is -3.48. The van der Waals surface area contributed by atoms with E-state index < -0.39 is 11.6 Å². The van der Waals surface area contributed by atoms with Gasteiger partial charge in [-0.15, -0.1) is 0 Å². The zero-order valence-electron chi connectivity index (χ0n) is 14.3. The maximum absolute atomic E-state index is 12.2. The molecular formula is C20H16O7. The normalized spacial score (nSPS) is 12.7. The van der Waals surface area contributed by atoms with Crippen LogP contribution in [0.5, 0.6) is 17.2 Å². The monoisotopic (exact) mass is 368 g/mol. The van der Waals surface area contributed by atoms with Crippen molar-refractivity contribution in [3.8, 4) is 17.2 Å². The summed E-state index contributed by atoms with van der Waals surface area (Å²) in [5.74, 6) is 0.812. The smallest absolute Gasteiger partial charge is 0.336 e. The van der Waals surface area contributed by atoms with E-state index in [-0.39, 0.29) is 24.4 Å². The summed E-state index contributed by atoms with van der Waals surface area (Å²) in [7, 11) is 0. The van der Waals surface area contributed by atoms with E-state index in [1.54, 1.807) is 24.3 Å². The van der Waals surface area contributed by atoms with Gasteiger partial charge in [0.15, 0.2) is 11.5 Å². The summed E-state index contributed by atoms with van der Waals surface area (Å²) < 4.78 is 21.3. The zero-order chi connectivity index (χ0) is 18.8. The van der Waals surface area contributed by atoms with Crippen LogP contribution < -0.4 is 15.1 Å². The van der Waals surface area contributed by atoms with E-state index in [0.717, 1.165) is 5.56 Å². The van der Waals surface area contributed by atoms with Crippen LogP contribution in [0.1, 0.15) is 11.1 Å². The Kier molecular flexibility index (Phi) is 4.42. The molecule has 1 aromatic heterocycles. The fourth-order valence-corrected chi connectivity index (χ4v) is 2.91. The quantitative estimate of drug-likeness (QED) is 0.558. The van der Waals surface area contributed by atoms with E-state index in [1.165, 1.54) is 18.2 Å². The van der Waals surface area contributed by atoms with E-state index in [4.69, 9.17) is 18.6 Å². The van der Waals surface area contributed by atoms with Crippen LogP contribution in [0.2, 0.25) is 0 Å². The van der Waals surface area contributed by atoms with E-state index in [0.29, 0.717) is 35.7 Å². The molecule has 4 rings (SSSR count). The van der Waals surface area contributed by atoms with Gasteiger partial charge in [-0.3, -0.25) is 4.79 Å². The summed E-state index contributed by atoms with van der Waals surface area (Å²) in [5.41, 5.74) is 0.912. The fourth-order valence-electron chi connectivity index (χ4n) is 2.91. The average molecular weight is 368 g/mol. The number of hydrogen-bond acceptors (Lipinski definition) is 7. The van der Waals surface area contributed by atoms with E-state index in [1.807, 2.05) is 0 Å². The fraction of sp³-hybridized carbons (Fsp3) is 0.200. The Morgan fingerprint density at radius 1 is 1.04 bits per heavy atom. The van der Waals surface area contributed by atoms with Crippen LogP contribution in [0.15, 0.2) is 51.7 Å². The molecule has 0 radical (unpaired) electrons. The number of carbonyl (C=O) groups excluding carboxylic acids is 1. The second-order valence-corrected chi connectivity index (χ2v) is 6.09. The highest BCUT2D eigenvalue weighted by Gasteiger charge is 2.14. The van der Waals surface area contributed by atoms with Crippen molar-refractivity contribution in [3.05, 3.63) is 64.0 Å². The zero-order valence-corrected chi connectivity index (χ0v) is 14.3. The number of phenols is 1. The Morgan fingerprint density at radius 2 is 1.85 bits per heavy atom. The van der Waals surface area contributed by atoms with Crippen molar-refractivity contribution in [2.75, 3.05) is 13.2 Å². The number of esters is 1. The van der Waals surface area contributed by atoms with Gasteiger partial charge in [0.1, 0.15) is 31.2 Å². The first-order valence-electron chi connectivity index (χ1n) is 8.38. The molecular weight excluding hydrogens is 352 g/mol. The molecule has 3 aromatic rings. The van der Waals surface area contributed by atoms with Crippen molar-refractivity contribution in [2.45, 2.75) is 13.0 Å². The van der Waals surface area contributed by atoms with Gasteiger partial charge in [0.2, 0.25) is 0 Å². The first-order valence-corrected chi connectivity index (χ1v) is 8.38. The molecule has 0 bridgehead atoms. The highest BCUT2D eigenvalue weighted by Crippen LogP contribution is 2.31. The molecule has 138 valence electrons. The molecule has 2 aromatic carbocycles. The van der Waals surface area contributed by atoms with Crippen molar-refractivity contribution in [1.82, 2.24) is 0 Å². The minimum Gasteiger partial charge on any atom is -0.508 e. The second-order valence-electron chi connectivity index (χ2n) is 6.09. The first kappa shape index (κ1) is 17.0. The predicted molar refractivity (Wildman–Crippen MR) is 95.1 cm³/mol. The average Bonchev–Trinajstić information content (AvgIpc) is 2.65. The van der Waals surface area contributed by atoms with Crippen LogP contribution in [-0.4, -0.2) is 24.3 Å². The summed E-state index contributed by atoms with van der Waals surface area (Å²) in [5, 5.41) is 10.1. The van der Waals surface area contributed by atoms with Crippen LogP contribution in [0.25, 0.3) is 11.0 Å². The first-order chi connectivity index (χ1) is 13.1. The number of hydrogen-bond donors (Lipinski definition) is 1. The molecule has 0 saturated carbocycles. The van der Waals surface area contributed by atoms with Gasteiger partial charge < -0.3 is 23.7 Å². The van der Waals surface area contributed by atoms with Gasteiger partial charge in [0, 0.05) is 23.1 Å². The summed E-state index contributed by atoms with van der Waals surface area (Å²) in [6.07, 6.45) is 0.0663. The number of fused-ring (bicyclic) bond motifs is 2. The van der Waals surface area contributed by atoms with Crippen LogP contribution >= 0.6 is 0 Å². The molecule has 0 unspecified atom stereocenters. The largest absolute Gasteiger partial charge is 0.508 e. The maximum atomic E-state index is 12.2. The second kappa shape index (κ2) is 7.03. The number of benzene rings is 2. The highest BCUT2D eigenvalue weighted by atomic mass is 16.6. The van der Waals surface area contributed by atoms with Crippen LogP contribution in [0.3, 0.4) is 0 Å². The molecule has 0 fully saturated rings. The molecule has 2 heterocycles. The molecule has 0 saturated heterocycles. The maximum Gasteiger partial charge on any atom is 0.336 e. The van der Waals surface area contributed by atoms with Crippen LogP contribution in [0.4, 0.5) is 0 Å². The van der Waals surface area contributed by atoms with Crippen molar-refractivity contribution < 1.29 is 28.5 Å². The Balaban J connectivity index is 1.47. The molecule has 1 aliphatic heterocycles. The summed E-state index contributed by atoms with van der Waals surface area (Å²) in [6, 6.07) is 11.0. The van der Waals surface area contributed by atoms with Gasteiger partial charge in [-0.2, -0.15) is 0 Å². The van der Waals surface area contributed by atoms with Crippen LogP contribution in [-0.2, 0) is 22.6 Å². The SMILES string of the molecule is O=C(Cc1ccc2c(c1)OCCO2)OCc1cc(=O)oc2cc(O)ccc12. The van der Waals surface area contributed by atoms with Crippen molar-refractivity contribution >= 4 is 16.9 Å². The lowest BCUT2D eigenvalue weighted by atomic mass is 10.1. The molecule has 0 amide bonds. The third-order valence-electron chi connectivity index (χ3n) is 4.16. The van der Waals surface area contributed by atoms with E-state index in [9.17, 15) is 14.7 Å². The molecule has 7 heteroatoms. The molecule has 0 aliphatic carbocycles. The molecule has 1 N–H and O–H groups in total. The van der Waals surface area contributed by atoms with Crippen molar-refractivity contribution in [3.63, 3.8) is 0 Å². The van der Waals surface area contributed by atoms with Gasteiger partial charge in [-0.25, -0.2) is 4.79 Å². The number of aromatic hydroxyl groups is 1. The molecule has 7 nitrogen and oxygen atoms in total.